The first-order valence-electron chi connectivity index (χ1n) is 5.84. The second-order valence-corrected chi connectivity index (χ2v) is 4.81. The van der Waals surface area contributed by atoms with Crippen molar-refractivity contribution in [2.45, 2.75) is 0 Å². The Hall–Kier alpha value is -0.810. The molecule has 0 aromatic rings. The highest BCUT2D eigenvalue weighted by atomic mass is 16.2. The van der Waals surface area contributed by atoms with E-state index in [9.17, 15) is 4.79 Å². The Balaban J connectivity index is 2.26. The van der Waals surface area contributed by atoms with Crippen molar-refractivity contribution in [2.24, 2.45) is 0 Å². The molecule has 5 heteroatoms. The second-order valence-electron chi connectivity index (χ2n) is 4.81. The number of nitrogens with zero attached hydrogens (tertiary/aromatic N) is 4. The molecule has 1 rings (SSSR count). The Bertz CT molecular complexity index is 222. The van der Waals surface area contributed by atoms with Gasteiger partial charge in [-0.1, -0.05) is 0 Å². The van der Waals surface area contributed by atoms with Gasteiger partial charge in [0.15, 0.2) is 0 Å². The van der Waals surface area contributed by atoms with Gasteiger partial charge in [-0.2, -0.15) is 0 Å². The fourth-order valence-electron chi connectivity index (χ4n) is 1.79. The van der Waals surface area contributed by atoms with Crippen molar-refractivity contribution in [3.05, 3.63) is 0 Å². The van der Waals surface area contributed by atoms with Gasteiger partial charge in [-0.15, -0.1) is 0 Å². The van der Waals surface area contributed by atoms with Gasteiger partial charge in [-0.3, -0.25) is 4.90 Å². The minimum Gasteiger partial charge on any atom is -0.331 e. The Morgan fingerprint density at radius 3 is 2.06 bits per heavy atom. The van der Waals surface area contributed by atoms with Crippen molar-refractivity contribution in [2.75, 3.05) is 67.5 Å². The number of hydrogen-bond acceptors (Lipinski definition) is 3. The summed E-state index contributed by atoms with van der Waals surface area (Å²) in [7, 11) is 7.79. The van der Waals surface area contributed by atoms with Crippen LogP contribution in [0.15, 0.2) is 0 Å². The number of hydrogen-bond donors (Lipinski definition) is 0. The van der Waals surface area contributed by atoms with Crippen LogP contribution in [0.2, 0.25) is 0 Å². The van der Waals surface area contributed by atoms with Crippen molar-refractivity contribution in [1.82, 2.24) is 19.6 Å². The summed E-state index contributed by atoms with van der Waals surface area (Å²) in [5.74, 6) is 0. The lowest BCUT2D eigenvalue weighted by Crippen LogP contribution is -2.52. The molecule has 2 amide bonds. The number of piperazine rings is 1. The lowest BCUT2D eigenvalue weighted by molar-refractivity contribution is 0.119. The molecule has 0 radical (unpaired) electrons. The van der Waals surface area contributed by atoms with Crippen LogP contribution < -0.4 is 0 Å². The predicted octanol–water partition coefficient (Wildman–Crippen LogP) is -0.153. The van der Waals surface area contributed by atoms with Gasteiger partial charge in [0.1, 0.15) is 0 Å². The summed E-state index contributed by atoms with van der Waals surface area (Å²) in [6.07, 6.45) is 0. The van der Waals surface area contributed by atoms with Gasteiger partial charge < -0.3 is 14.7 Å². The standard InChI is InChI=1S/C11H24N4O/c1-12(2)5-6-14-7-9-15(10-8-14)11(16)13(3)4/h5-10H2,1-4H3. The zero-order valence-corrected chi connectivity index (χ0v) is 10.9. The van der Waals surface area contributed by atoms with Gasteiger partial charge in [0.05, 0.1) is 0 Å². The summed E-state index contributed by atoms with van der Waals surface area (Å²) in [6.45, 7) is 5.87. The maximum absolute atomic E-state index is 11.7. The van der Waals surface area contributed by atoms with Crippen molar-refractivity contribution < 1.29 is 4.79 Å². The summed E-state index contributed by atoms with van der Waals surface area (Å²) in [6, 6.07) is 0.132. The highest BCUT2D eigenvalue weighted by Gasteiger charge is 2.21. The van der Waals surface area contributed by atoms with Crippen LogP contribution in [0.5, 0.6) is 0 Å². The number of carbonyl (C=O) groups is 1. The average Bonchev–Trinajstić information content (AvgIpc) is 2.26. The first-order valence-corrected chi connectivity index (χ1v) is 5.84. The van der Waals surface area contributed by atoms with Crippen LogP contribution in [0.3, 0.4) is 0 Å². The van der Waals surface area contributed by atoms with E-state index in [0.29, 0.717) is 0 Å². The van der Waals surface area contributed by atoms with E-state index in [4.69, 9.17) is 0 Å². The molecular weight excluding hydrogens is 204 g/mol. The summed E-state index contributed by atoms with van der Waals surface area (Å²) >= 11 is 0. The third kappa shape index (κ3) is 3.98. The van der Waals surface area contributed by atoms with Crippen molar-refractivity contribution in [1.29, 1.82) is 0 Å². The first-order chi connectivity index (χ1) is 7.50. The Labute approximate surface area is 98.6 Å². The van der Waals surface area contributed by atoms with Crippen LogP contribution in [0.1, 0.15) is 0 Å². The molecule has 1 aliphatic rings. The minimum absolute atomic E-state index is 0.132. The maximum Gasteiger partial charge on any atom is 0.319 e. The number of carbonyl (C=O) groups excluding carboxylic acids is 1. The van der Waals surface area contributed by atoms with Crippen LogP contribution in [-0.2, 0) is 0 Å². The molecule has 0 aliphatic carbocycles. The fraction of sp³-hybridized carbons (Fsp3) is 0.909. The maximum atomic E-state index is 11.7. The lowest BCUT2D eigenvalue weighted by Gasteiger charge is -2.36. The molecule has 0 spiro atoms. The molecule has 0 aromatic heterocycles. The van der Waals surface area contributed by atoms with E-state index in [-0.39, 0.29) is 6.03 Å². The van der Waals surface area contributed by atoms with Crippen LogP contribution in [0.25, 0.3) is 0 Å². The molecule has 1 saturated heterocycles. The van der Waals surface area contributed by atoms with Gasteiger partial charge in [0.25, 0.3) is 0 Å². The molecule has 0 N–H and O–H groups in total. The average molecular weight is 228 g/mol. The molecule has 0 saturated carbocycles. The molecule has 16 heavy (non-hydrogen) atoms. The minimum atomic E-state index is 0.132. The number of urea groups is 1. The molecular formula is C11H24N4O. The largest absolute Gasteiger partial charge is 0.331 e. The summed E-state index contributed by atoms with van der Waals surface area (Å²) in [4.78, 5) is 19.9. The van der Waals surface area contributed by atoms with E-state index in [1.807, 2.05) is 4.90 Å². The highest BCUT2D eigenvalue weighted by molar-refractivity contribution is 5.73. The first kappa shape index (κ1) is 13.3. The predicted molar refractivity (Wildman–Crippen MR) is 65.7 cm³/mol. The van der Waals surface area contributed by atoms with Gasteiger partial charge in [-0.05, 0) is 14.1 Å². The lowest BCUT2D eigenvalue weighted by atomic mass is 10.3. The van der Waals surface area contributed by atoms with Crippen LogP contribution >= 0.6 is 0 Å². The summed E-state index contributed by atoms with van der Waals surface area (Å²) < 4.78 is 0. The van der Waals surface area contributed by atoms with E-state index in [2.05, 4.69) is 23.9 Å². The number of amides is 2. The summed E-state index contributed by atoms with van der Waals surface area (Å²) in [5, 5.41) is 0. The van der Waals surface area contributed by atoms with E-state index in [1.165, 1.54) is 0 Å². The zero-order valence-electron chi connectivity index (χ0n) is 10.9. The van der Waals surface area contributed by atoms with Gasteiger partial charge in [0, 0.05) is 53.4 Å². The third-order valence-electron chi connectivity index (χ3n) is 2.89. The topological polar surface area (TPSA) is 30.0 Å². The van der Waals surface area contributed by atoms with Crippen LogP contribution in [-0.4, -0.2) is 93.1 Å². The Kier molecular flexibility index (Phi) is 5.02. The molecule has 1 fully saturated rings. The Morgan fingerprint density at radius 1 is 1.06 bits per heavy atom. The fourth-order valence-corrected chi connectivity index (χ4v) is 1.79. The van der Waals surface area contributed by atoms with Crippen molar-refractivity contribution >= 4 is 6.03 Å². The second kappa shape index (κ2) is 6.06. The third-order valence-corrected chi connectivity index (χ3v) is 2.89. The molecule has 0 unspecified atom stereocenters. The molecule has 0 bridgehead atoms. The van der Waals surface area contributed by atoms with Gasteiger partial charge in [-0.25, -0.2) is 4.79 Å². The van der Waals surface area contributed by atoms with Crippen molar-refractivity contribution in [3.63, 3.8) is 0 Å². The monoisotopic (exact) mass is 228 g/mol. The van der Waals surface area contributed by atoms with E-state index in [1.54, 1.807) is 19.0 Å². The van der Waals surface area contributed by atoms with E-state index < -0.39 is 0 Å². The van der Waals surface area contributed by atoms with Crippen LogP contribution in [0, 0.1) is 0 Å². The number of rotatable bonds is 3. The quantitative estimate of drug-likeness (QED) is 0.673. The summed E-state index contributed by atoms with van der Waals surface area (Å²) in [5.41, 5.74) is 0. The highest BCUT2D eigenvalue weighted by Crippen LogP contribution is 2.03. The molecule has 1 heterocycles. The Morgan fingerprint density at radius 2 is 1.62 bits per heavy atom. The van der Waals surface area contributed by atoms with Gasteiger partial charge in [0.2, 0.25) is 0 Å². The molecule has 1 aliphatic heterocycles. The normalized spacial score (nSPS) is 17.9. The number of likely N-dealkylation sites (N-methyl/N-ethyl adjacent to an activating group) is 1. The molecule has 0 aromatic carbocycles. The van der Waals surface area contributed by atoms with Crippen LogP contribution in [0.4, 0.5) is 4.79 Å². The molecule has 5 nitrogen and oxygen atoms in total. The zero-order chi connectivity index (χ0) is 12.1. The SMILES string of the molecule is CN(C)CCN1CCN(C(=O)N(C)C)CC1. The van der Waals surface area contributed by atoms with E-state index in [0.717, 1.165) is 39.3 Å². The molecule has 94 valence electrons. The van der Waals surface area contributed by atoms with Crippen molar-refractivity contribution in [3.8, 4) is 0 Å². The van der Waals surface area contributed by atoms with E-state index >= 15 is 0 Å². The molecule has 0 atom stereocenters. The van der Waals surface area contributed by atoms with Gasteiger partial charge >= 0.3 is 6.03 Å². The smallest absolute Gasteiger partial charge is 0.319 e.